The minimum atomic E-state index is -3.88. The number of nitrogens with zero attached hydrogens (tertiary/aromatic N) is 3. The van der Waals surface area contributed by atoms with Gasteiger partial charge in [-0.25, -0.2) is 13.1 Å². The van der Waals surface area contributed by atoms with Gasteiger partial charge >= 0.3 is 0 Å². The van der Waals surface area contributed by atoms with E-state index in [0.717, 1.165) is 0 Å². The number of H-pyrrole nitrogens is 1. The molecule has 0 aliphatic heterocycles. The molecule has 11 heteroatoms. The van der Waals surface area contributed by atoms with Gasteiger partial charge < -0.3 is 5.73 Å². The molecule has 0 fully saturated rings. The number of rotatable bonds is 5. The first-order valence-electron chi connectivity index (χ1n) is 5.79. The Morgan fingerprint density at radius 3 is 2.71 bits per heavy atom. The number of aromatic nitrogens is 4. The van der Waals surface area contributed by atoms with Gasteiger partial charge in [0.05, 0.1) is 11.1 Å². The van der Waals surface area contributed by atoms with E-state index in [2.05, 4.69) is 25.3 Å². The van der Waals surface area contributed by atoms with Crippen LogP contribution in [0.15, 0.2) is 17.0 Å². The molecule has 8 nitrogen and oxygen atoms in total. The molecule has 114 valence electrons. The maximum atomic E-state index is 12.4. The SMILES string of the molecule is CC(NS(=O)(=O)c1ccc(Cl)c(CN)c1Cl)c1nn[nH]n1. The van der Waals surface area contributed by atoms with Gasteiger partial charge in [-0.3, -0.25) is 0 Å². The Hall–Kier alpha value is -1.26. The quantitative estimate of drug-likeness (QED) is 0.738. The standard InChI is InChI=1S/C10H12Cl2N6O2S/c1-5(10-14-17-18-15-10)16-21(19,20)8-3-2-7(11)6(4-13)9(8)12/h2-3,5,16H,4,13H2,1H3,(H,14,15,17,18). The highest BCUT2D eigenvalue weighted by Gasteiger charge is 2.25. The summed E-state index contributed by atoms with van der Waals surface area (Å²) in [4.78, 5) is -0.107. The predicted octanol–water partition coefficient (Wildman–Crippen LogP) is 1.00. The van der Waals surface area contributed by atoms with Crippen molar-refractivity contribution in [3.05, 3.63) is 33.6 Å². The van der Waals surface area contributed by atoms with E-state index in [1.165, 1.54) is 12.1 Å². The van der Waals surface area contributed by atoms with Crippen LogP contribution >= 0.6 is 23.2 Å². The molecule has 1 aromatic carbocycles. The van der Waals surface area contributed by atoms with Crippen LogP contribution in [0.2, 0.25) is 10.0 Å². The Morgan fingerprint density at radius 2 is 2.14 bits per heavy atom. The zero-order valence-corrected chi connectivity index (χ0v) is 13.2. The van der Waals surface area contributed by atoms with Crippen LogP contribution < -0.4 is 10.5 Å². The molecule has 0 spiro atoms. The van der Waals surface area contributed by atoms with Crippen molar-refractivity contribution in [2.75, 3.05) is 0 Å². The lowest BCUT2D eigenvalue weighted by molar-refractivity contribution is 0.560. The van der Waals surface area contributed by atoms with Crippen molar-refractivity contribution in [2.45, 2.75) is 24.4 Å². The summed E-state index contributed by atoms with van der Waals surface area (Å²) in [7, 11) is -3.88. The molecule has 0 bridgehead atoms. The van der Waals surface area contributed by atoms with E-state index in [9.17, 15) is 8.42 Å². The smallest absolute Gasteiger partial charge is 0.242 e. The number of hydrogen-bond acceptors (Lipinski definition) is 6. The normalized spacial score (nSPS) is 13.3. The third-order valence-electron chi connectivity index (χ3n) is 2.73. The molecule has 0 radical (unpaired) electrons. The molecular weight excluding hydrogens is 339 g/mol. The largest absolute Gasteiger partial charge is 0.326 e. The average Bonchev–Trinajstić information content (AvgIpc) is 2.92. The first kappa shape index (κ1) is 16.1. The van der Waals surface area contributed by atoms with Crippen LogP contribution in [0.5, 0.6) is 0 Å². The highest BCUT2D eigenvalue weighted by atomic mass is 35.5. The average molecular weight is 351 g/mol. The van der Waals surface area contributed by atoms with Crippen molar-refractivity contribution in [3.63, 3.8) is 0 Å². The van der Waals surface area contributed by atoms with Gasteiger partial charge in [-0.05, 0) is 19.1 Å². The molecule has 0 amide bonds. The number of sulfonamides is 1. The summed E-state index contributed by atoms with van der Waals surface area (Å²) in [6.45, 7) is 1.61. The topological polar surface area (TPSA) is 127 Å². The number of nitrogens with one attached hydrogen (secondary N) is 2. The Bertz CT molecular complexity index is 734. The van der Waals surface area contributed by atoms with Crippen molar-refractivity contribution < 1.29 is 8.42 Å². The minimum Gasteiger partial charge on any atom is -0.326 e. The molecule has 0 saturated heterocycles. The van der Waals surface area contributed by atoms with Crippen molar-refractivity contribution in [1.82, 2.24) is 25.3 Å². The number of nitrogens with two attached hydrogens (primary N) is 1. The molecule has 1 unspecified atom stereocenters. The van der Waals surface area contributed by atoms with Gasteiger partial charge in [0.1, 0.15) is 4.90 Å². The lowest BCUT2D eigenvalue weighted by Crippen LogP contribution is -2.28. The number of hydrogen-bond donors (Lipinski definition) is 3. The molecule has 21 heavy (non-hydrogen) atoms. The summed E-state index contributed by atoms with van der Waals surface area (Å²) in [5.74, 6) is 0.211. The Balaban J connectivity index is 2.36. The fraction of sp³-hybridized carbons (Fsp3) is 0.300. The summed E-state index contributed by atoms with van der Waals surface area (Å²) in [5.41, 5.74) is 5.89. The van der Waals surface area contributed by atoms with E-state index in [-0.39, 0.29) is 22.3 Å². The lowest BCUT2D eigenvalue weighted by atomic mass is 10.2. The molecule has 4 N–H and O–H groups in total. The first-order chi connectivity index (χ1) is 9.86. The molecule has 2 rings (SSSR count). The summed E-state index contributed by atoms with van der Waals surface area (Å²) < 4.78 is 27.2. The Morgan fingerprint density at radius 1 is 1.43 bits per heavy atom. The van der Waals surface area contributed by atoms with E-state index in [0.29, 0.717) is 10.6 Å². The van der Waals surface area contributed by atoms with Crippen molar-refractivity contribution >= 4 is 33.2 Å². The second-order valence-corrected chi connectivity index (χ2v) is 6.62. The van der Waals surface area contributed by atoms with E-state index >= 15 is 0 Å². The third-order valence-corrected chi connectivity index (χ3v) is 5.21. The number of halogens is 2. The number of benzene rings is 1. The van der Waals surface area contributed by atoms with Crippen LogP contribution in [-0.2, 0) is 16.6 Å². The molecule has 0 aliphatic rings. The van der Waals surface area contributed by atoms with E-state index in [4.69, 9.17) is 28.9 Å². The highest BCUT2D eigenvalue weighted by Crippen LogP contribution is 2.31. The van der Waals surface area contributed by atoms with Crippen LogP contribution in [0.4, 0.5) is 0 Å². The van der Waals surface area contributed by atoms with E-state index in [1.54, 1.807) is 6.92 Å². The van der Waals surface area contributed by atoms with Crippen molar-refractivity contribution in [2.24, 2.45) is 5.73 Å². The summed E-state index contributed by atoms with van der Waals surface area (Å²) in [6.07, 6.45) is 0. The van der Waals surface area contributed by atoms with Crippen LogP contribution in [0.3, 0.4) is 0 Å². The fourth-order valence-corrected chi connectivity index (χ4v) is 3.81. The molecule has 1 heterocycles. The third kappa shape index (κ3) is 3.33. The highest BCUT2D eigenvalue weighted by molar-refractivity contribution is 7.89. The predicted molar refractivity (Wildman–Crippen MR) is 77.3 cm³/mol. The first-order valence-corrected chi connectivity index (χ1v) is 8.03. The van der Waals surface area contributed by atoms with Gasteiger partial charge in [-0.15, -0.1) is 10.2 Å². The van der Waals surface area contributed by atoms with Crippen LogP contribution in [0.25, 0.3) is 0 Å². The van der Waals surface area contributed by atoms with Gasteiger partial charge in [-0.2, -0.15) is 5.21 Å². The van der Waals surface area contributed by atoms with Gasteiger partial charge in [0.15, 0.2) is 5.82 Å². The van der Waals surface area contributed by atoms with Gasteiger partial charge in [0.25, 0.3) is 0 Å². The molecule has 1 atom stereocenters. The van der Waals surface area contributed by atoms with Crippen LogP contribution in [0, 0.1) is 0 Å². The zero-order valence-electron chi connectivity index (χ0n) is 10.8. The van der Waals surface area contributed by atoms with Gasteiger partial charge in [0.2, 0.25) is 10.0 Å². The summed E-state index contributed by atoms with van der Waals surface area (Å²) in [5, 5.41) is 13.4. The molecule has 1 aromatic heterocycles. The maximum Gasteiger partial charge on any atom is 0.242 e. The molecule has 2 aromatic rings. The fourth-order valence-electron chi connectivity index (χ4n) is 1.67. The Labute approximate surface area is 131 Å². The minimum absolute atomic E-state index is 0.00203. The molecule has 0 aliphatic carbocycles. The zero-order chi connectivity index (χ0) is 15.6. The van der Waals surface area contributed by atoms with Gasteiger partial charge in [0, 0.05) is 17.1 Å². The Kier molecular flexibility index (Phi) is 4.79. The molecular formula is C10H12Cl2N6O2S. The van der Waals surface area contributed by atoms with E-state index < -0.39 is 16.1 Å². The second-order valence-electron chi connectivity index (χ2n) is 4.16. The van der Waals surface area contributed by atoms with Crippen molar-refractivity contribution in [1.29, 1.82) is 0 Å². The number of tetrazole rings is 1. The summed E-state index contributed by atoms with van der Waals surface area (Å²) in [6, 6.07) is 2.07. The summed E-state index contributed by atoms with van der Waals surface area (Å²) >= 11 is 12.0. The van der Waals surface area contributed by atoms with Crippen LogP contribution in [-0.4, -0.2) is 29.0 Å². The lowest BCUT2D eigenvalue weighted by Gasteiger charge is -2.14. The monoisotopic (exact) mass is 350 g/mol. The van der Waals surface area contributed by atoms with Crippen molar-refractivity contribution in [3.8, 4) is 0 Å². The van der Waals surface area contributed by atoms with Crippen LogP contribution in [0.1, 0.15) is 24.4 Å². The van der Waals surface area contributed by atoms with Gasteiger partial charge in [-0.1, -0.05) is 28.4 Å². The number of aromatic amines is 1. The van der Waals surface area contributed by atoms with E-state index in [1.807, 2.05) is 0 Å². The maximum absolute atomic E-state index is 12.4. The second kappa shape index (κ2) is 6.24. The molecule has 0 saturated carbocycles.